The van der Waals surface area contributed by atoms with Gasteiger partial charge in [0.2, 0.25) is 0 Å². The van der Waals surface area contributed by atoms with Crippen molar-refractivity contribution in [3.63, 3.8) is 0 Å². The van der Waals surface area contributed by atoms with Crippen LogP contribution in [0.1, 0.15) is 24.8 Å². The number of nitrogen functional groups attached to an aromatic ring is 1. The highest BCUT2D eigenvalue weighted by atomic mass is 79.9. The molecular formula is C15H17BrN2O. The maximum atomic E-state index is 5.83. The van der Waals surface area contributed by atoms with Crippen molar-refractivity contribution >= 4 is 32.7 Å². The zero-order valence-corrected chi connectivity index (χ0v) is 12.3. The van der Waals surface area contributed by atoms with Gasteiger partial charge in [0.05, 0.1) is 16.1 Å². The highest BCUT2D eigenvalue weighted by Gasteiger charge is 2.15. The zero-order valence-electron chi connectivity index (χ0n) is 10.7. The number of pyridine rings is 1. The molecule has 0 aliphatic carbocycles. The van der Waals surface area contributed by atoms with E-state index < -0.39 is 0 Å². The van der Waals surface area contributed by atoms with Crippen molar-refractivity contribution in [2.75, 3.05) is 12.3 Å². The molecule has 1 aliphatic rings. The summed E-state index contributed by atoms with van der Waals surface area (Å²) in [6.07, 6.45) is 4.98. The number of halogens is 1. The first kappa shape index (κ1) is 12.9. The van der Waals surface area contributed by atoms with Crippen LogP contribution in [0.3, 0.4) is 0 Å². The number of aromatic nitrogens is 1. The molecule has 3 nitrogen and oxygen atoms in total. The number of nitrogens with zero attached hydrogens (tertiary/aromatic N) is 1. The first-order valence-electron chi connectivity index (χ1n) is 6.68. The molecule has 1 fully saturated rings. The molecule has 4 heteroatoms. The summed E-state index contributed by atoms with van der Waals surface area (Å²) in [6, 6.07) is 8.42. The predicted molar refractivity (Wildman–Crippen MR) is 81.2 cm³/mol. The van der Waals surface area contributed by atoms with Crippen LogP contribution in [0, 0.1) is 0 Å². The van der Waals surface area contributed by atoms with Gasteiger partial charge >= 0.3 is 0 Å². The third-order valence-corrected chi connectivity index (χ3v) is 4.28. The standard InChI is InChI=1S/C15H17BrN2O/c16-13-9-11-5-3-10(8-14(11)18-15(13)17)4-6-12-2-1-7-19-12/h3,5,8-9,12H,1-2,4,6-7H2,(H2,17,18). The molecular weight excluding hydrogens is 304 g/mol. The number of benzene rings is 1. The van der Waals surface area contributed by atoms with Crippen LogP contribution < -0.4 is 5.73 Å². The smallest absolute Gasteiger partial charge is 0.138 e. The summed E-state index contributed by atoms with van der Waals surface area (Å²) >= 11 is 3.41. The number of aryl methyl sites for hydroxylation is 1. The minimum absolute atomic E-state index is 0.443. The average Bonchev–Trinajstić information content (AvgIpc) is 2.91. The Bertz CT molecular complexity index is 594. The Morgan fingerprint density at radius 1 is 1.37 bits per heavy atom. The predicted octanol–water partition coefficient (Wildman–Crippen LogP) is 3.69. The number of ether oxygens (including phenoxy) is 1. The van der Waals surface area contributed by atoms with E-state index in [1.165, 1.54) is 18.4 Å². The van der Waals surface area contributed by atoms with Gasteiger partial charge in [0.1, 0.15) is 5.82 Å². The Balaban J connectivity index is 1.78. The Labute approximate surface area is 121 Å². The Hall–Kier alpha value is -1.13. The molecule has 1 atom stereocenters. The van der Waals surface area contributed by atoms with Crippen molar-refractivity contribution in [2.24, 2.45) is 0 Å². The minimum Gasteiger partial charge on any atom is -0.383 e. The van der Waals surface area contributed by atoms with Crippen molar-refractivity contribution in [2.45, 2.75) is 31.8 Å². The van der Waals surface area contributed by atoms with E-state index in [-0.39, 0.29) is 0 Å². The molecule has 2 heterocycles. The van der Waals surface area contributed by atoms with Crippen molar-refractivity contribution in [3.05, 3.63) is 34.3 Å². The lowest BCUT2D eigenvalue weighted by atomic mass is 10.0. The maximum absolute atomic E-state index is 5.83. The number of hydrogen-bond acceptors (Lipinski definition) is 3. The zero-order chi connectivity index (χ0) is 13.2. The fourth-order valence-electron chi connectivity index (χ4n) is 2.56. The van der Waals surface area contributed by atoms with Crippen LogP contribution in [0.4, 0.5) is 5.82 Å². The van der Waals surface area contributed by atoms with E-state index in [0.29, 0.717) is 11.9 Å². The van der Waals surface area contributed by atoms with Crippen LogP contribution in [-0.4, -0.2) is 17.7 Å². The van der Waals surface area contributed by atoms with E-state index in [9.17, 15) is 0 Å². The second-order valence-electron chi connectivity index (χ2n) is 5.06. The van der Waals surface area contributed by atoms with Gasteiger partial charge in [0.25, 0.3) is 0 Å². The molecule has 19 heavy (non-hydrogen) atoms. The van der Waals surface area contributed by atoms with Gasteiger partial charge in [-0.15, -0.1) is 0 Å². The van der Waals surface area contributed by atoms with Gasteiger partial charge in [-0.3, -0.25) is 0 Å². The molecule has 0 saturated carbocycles. The van der Waals surface area contributed by atoms with Crippen LogP contribution in [0.15, 0.2) is 28.7 Å². The molecule has 0 bridgehead atoms. The summed E-state index contributed by atoms with van der Waals surface area (Å²) in [5, 5.41) is 1.11. The van der Waals surface area contributed by atoms with E-state index in [1.807, 2.05) is 6.07 Å². The molecule has 2 aromatic rings. The van der Waals surface area contributed by atoms with Crippen molar-refractivity contribution in [1.29, 1.82) is 0 Å². The largest absolute Gasteiger partial charge is 0.383 e. The molecule has 2 N–H and O–H groups in total. The minimum atomic E-state index is 0.443. The van der Waals surface area contributed by atoms with Crippen molar-refractivity contribution in [1.82, 2.24) is 4.98 Å². The van der Waals surface area contributed by atoms with Crippen LogP contribution in [-0.2, 0) is 11.2 Å². The average molecular weight is 321 g/mol. The lowest BCUT2D eigenvalue weighted by molar-refractivity contribution is 0.104. The number of hydrogen-bond donors (Lipinski definition) is 1. The Morgan fingerprint density at radius 2 is 2.26 bits per heavy atom. The summed E-state index contributed by atoms with van der Waals surface area (Å²) in [6.45, 7) is 0.925. The highest BCUT2D eigenvalue weighted by molar-refractivity contribution is 9.10. The summed E-state index contributed by atoms with van der Waals surface area (Å²) < 4.78 is 6.51. The van der Waals surface area contributed by atoms with E-state index in [1.54, 1.807) is 0 Å². The maximum Gasteiger partial charge on any atom is 0.138 e. The molecule has 100 valence electrons. The molecule has 1 aromatic carbocycles. The van der Waals surface area contributed by atoms with Crippen molar-refractivity contribution < 1.29 is 4.74 Å². The van der Waals surface area contributed by atoms with Gasteiger partial charge < -0.3 is 10.5 Å². The van der Waals surface area contributed by atoms with E-state index in [4.69, 9.17) is 10.5 Å². The summed E-state index contributed by atoms with van der Waals surface area (Å²) in [7, 11) is 0. The highest BCUT2D eigenvalue weighted by Crippen LogP contribution is 2.25. The van der Waals surface area contributed by atoms with Gasteiger partial charge in [0, 0.05) is 12.0 Å². The SMILES string of the molecule is Nc1nc2cc(CCC3CCCO3)ccc2cc1Br. The molecule has 3 rings (SSSR count). The molecule has 1 aliphatic heterocycles. The number of fused-ring (bicyclic) bond motifs is 1. The quantitative estimate of drug-likeness (QED) is 0.938. The van der Waals surface area contributed by atoms with E-state index in [2.05, 4.69) is 39.1 Å². The van der Waals surface area contributed by atoms with Gasteiger partial charge in [-0.05, 0) is 59.3 Å². The van der Waals surface area contributed by atoms with Crippen molar-refractivity contribution in [3.8, 4) is 0 Å². The molecule has 1 saturated heterocycles. The van der Waals surface area contributed by atoms with Crippen LogP contribution in [0.5, 0.6) is 0 Å². The summed E-state index contributed by atoms with van der Waals surface area (Å²) in [4.78, 5) is 4.42. The number of anilines is 1. The third-order valence-electron chi connectivity index (χ3n) is 3.64. The molecule has 0 radical (unpaired) electrons. The van der Waals surface area contributed by atoms with Crippen LogP contribution in [0.2, 0.25) is 0 Å². The fraction of sp³-hybridized carbons (Fsp3) is 0.400. The first-order valence-corrected chi connectivity index (χ1v) is 7.48. The van der Waals surface area contributed by atoms with Gasteiger partial charge in [-0.2, -0.15) is 0 Å². The monoisotopic (exact) mass is 320 g/mol. The Kier molecular flexibility index (Phi) is 3.71. The second kappa shape index (κ2) is 5.47. The normalized spacial score (nSPS) is 19.1. The number of rotatable bonds is 3. The van der Waals surface area contributed by atoms with Gasteiger partial charge in [-0.25, -0.2) is 4.98 Å². The third kappa shape index (κ3) is 2.90. The molecule has 0 amide bonds. The topological polar surface area (TPSA) is 48.1 Å². The molecule has 1 unspecified atom stereocenters. The Morgan fingerprint density at radius 3 is 3.05 bits per heavy atom. The summed E-state index contributed by atoms with van der Waals surface area (Å²) in [5.41, 5.74) is 8.10. The van der Waals surface area contributed by atoms with Crippen LogP contribution >= 0.6 is 15.9 Å². The van der Waals surface area contributed by atoms with Crippen LogP contribution in [0.25, 0.3) is 10.9 Å². The van der Waals surface area contributed by atoms with Gasteiger partial charge in [-0.1, -0.05) is 12.1 Å². The lowest BCUT2D eigenvalue weighted by Gasteiger charge is -2.09. The van der Waals surface area contributed by atoms with E-state index >= 15 is 0 Å². The molecule has 1 aromatic heterocycles. The van der Waals surface area contributed by atoms with E-state index in [0.717, 1.165) is 34.8 Å². The first-order chi connectivity index (χ1) is 9.22. The second-order valence-corrected chi connectivity index (χ2v) is 5.91. The number of nitrogens with two attached hydrogens (primary N) is 1. The van der Waals surface area contributed by atoms with Gasteiger partial charge in [0.15, 0.2) is 0 Å². The lowest BCUT2D eigenvalue weighted by Crippen LogP contribution is -2.06. The fourth-order valence-corrected chi connectivity index (χ4v) is 2.89. The summed E-state index contributed by atoms with van der Waals surface area (Å²) in [5.74, 6) is 0.545. The molecule has 0 spiro atoms.